The maximum Gasteiger partial charge on any atom is 0.226 e. The lowest BCUT2D eigenvalue weighted by molar-refractivity contribution is 0.608. The van der Waals surface area contributed by atoms with Gasteiger partial charge in [0.2, 0.25) is 5.95 Å². The van der Waals surface area contributed by atoms with E-state index < -0.39 is 0 Å². The van der Waals surface area contributed by atoms with Gasteiger partial charge in [-0.05, 0) is 42.1 Å². The van der Waals surface area contributed by atoms with Gasteiger partial charge in [0, 0.05) is 10.0 Å². The lowest BCUT2D eigenvalue weighted by atomic mass is 10.0. The first-order valence-electron chi connectivity index (χ1n) is 7.02. The monoisotopic (exact) mass is 362 g/mol. The van der Waals surface area contributed by atoms with Gasteiger partial charge in [-0.1, -0.05) is 35.3 Å². The molecule has 0 amide bonds. The van der Waals surface area contributed by atoms with Gasteiger partial charge in [0.05, 0.1) is 10.6 Å². The van der Waals surface area contributed by atoms with E-state index in [9.17, 15) is 0 Å². The number of allylic oxidation sites excluding steroid dienone is 1. The first-order chi connectivity index (χ1) is 11.1. The Hall–Kier alpha value is -1.82. The number of anilines is 1. The predicted octanol–water partition coefficient (Wildman–Crippen LogP) is 5.01. The van der Waals surface area contributed by atoms with Crippen molar-refractivity contribution in [2.24, 2.45) is 0 Å². The molecule has 1 aliphatic rings. The van der Waals surface area contributed by atoms with Crippen molar-refractivity contribution in [3.8, 4) is 0 Å². The molecule has 7 heteroatoms. The molecule has 0 saturated heterocycles. The number of thiophene rings is 1. The van der Waals surface area contributed by atoms with Crippen molar-refractivity contribution in [3.63, 3.8) is 0 Å². The number of nitrogens with one attached hydrogen (secondary N) is 1. The Morgan fingerprint density at radius 1 is 1.26 bits per heavy atom. The number of nitrogens with zero attached hydrogens (tertiary/aromatic N) is 3. The molecule has 1 atom stereocenters. The first kappa shape index (κ1) is 14.8. The summed E-state index contributed by atoms with van der Waals surface area (Å²) in [5.41, 5.74) is 1.95. The summed E-state index contributed by atoms with van der Waals surface area (Å²) in [6, 6.07) is 9.49. The lowest BCUT2D eigenvalue weighted by Crippen LogP contribution is -2.20. The molecule has 116 valence electrons. The molecule has 23 heavy (non-hydrogen) atoms. The van der Waals surface area contributed by atoms with Gasteiger partial charge in [0.1, 0.15) is 11.9 Å². The quantitative estimate of drug-likeness (QED) is 0.696. The molecule has 0 aliphatic carbocycles. The van der Waals surface area contributed by atoms with Gasteiger partial charge in [0.15, 0.2) is 0 Å². The van der Waals surface area contributed by atoms with E-state index in [4.69, 9.17) is 23.2 Å². The smallest absolute Gasteiger partial charge is 0.226 e. The Labute approximate surface area is 147 Å². The highest BCUT2D eigenvalue weighted by Gasteiger charge is 2.26. The van der Waals surface area contributed by atoms with Crippen LogP contribution in [0.5, 0.6) is 0 Å². The van der Waals surface area contributed by atoms with Gasteiger partial charge in [-0.25, -0.2) is 4.68 Å². The van der Waals surface area contributed by atoms with E-state index in [1.54, 1.807) is 17.4 Å². The van der Waals surface area contributed by atoms with E-state index in [1.807, 2.05) is 35.2 Å². The van der Waals surface area contributed by atoms with Crippen LogP contribution in [-0.2, 0) is 0 Å². The molecular formula is C16H12Cl2N4S. The highest BCUT2D eigenvalue weighted by Crippen LogP contribution is 2.37. The van der Waals surface area contributed by atoms with Crippen LogP contribution < -0.4 is 5.32 Å². The Morgan fingerprint density at radius 2 is 2.13 bits per heavy atom. The molecule has 3 aromatic rings. The number of fused-ring (bicyclic) bond motifs is 1. The zero-order chi connectivity index (χ0) is 16.0. The van der Waals surface area contributed by atoms with Gasteiger partial charge in [0.25, 0.3) is 0 Å². The number of rotatable bonds is 2. The highest BCUT2D eigenvalue weighted by atomic mass is 35.5. The summed E-state index contributed by atoms with van der Waals surface area (Å²) in [6.45, 7) is 1.87. The fourth-order valence-electron chi connectivity index (χ4n) is 2.64. The Bertz CT molecular complexity index is 899. The molecule has 1 aliphatic heterocycles. The van der Waals surface area contributed by atoms with Crippen LogP contribution in [-0.4, -0.2) is 14.8 Å². The molecule has 0 bridgehead atoms. The van der Waals surface area contributed by atoms with Crippen molar-refractivity contribution in [1.29, 1.82) is 0 Å². The largest absolute Gasteiger partial charge is 0.323 e. The number of aromatic nitrogens is 3. The van der Waals surface area contributed by atoms with E-state index >= 15 is 0 Å². The number of aryl methyl sites for hydroxylation is 1. The third kappa shape index (κ3) is 2.65. The molecule has 0 saturated carbocycles. The van der Waals surface area contributed by atoms with E-state index in [2.05, 4.69) is 27.5 Å². The molecule has 3 heterocycles. The van der Waals surface area contributed by atoms with Crippen molar-refractivity contribution in [2.75, 3.05) is 5.32 Å². The van der Waals surface area contributed by atoms with Crippen molar-refractivity contribution in [3.05, 3.63) is 68.1 Å². The third-order valence-electron chi connectivity index (χ3n) is 3.64. The van der Waals surface area contributed by atoms with Crippen molar-refractivity contribution >= 4 is 46.2 Å². The van der Waals surface area contributed by atoms with Crippen LogP contribution >= 0.6 is 34.5 Å². The minimum absolute atomic E-state index is 0.130. The van der Waals surface area contributed by atoms with Crippen molar-refractivity contribution < 1.29 is 0 Å². The van der Waals surface area contributed by atoms with Crippen LogP contribution in [0.4, 0.5) is 5.95 Å². The second-order valence-electron chi connectivity index (χ2n) is 5.22. The predicted molar refractivity (Wildman–Crippen MR) is 95.3 cm³/mol. The minimum Gasteiger partial charge on any atom is -0.323 e. The fraction of sp³-hybridized carbons (Fsp3) is 0.125. The summed E-state index contributed by atoms with van der Waals surface area (Å²) in [7, 11) is 0. The molecule has 4 rings (SSSR count). The zero-order valence-electron chi connectivity index (χ0n) is 12.1. The maximum absolute atomic E-state index is 6.42. The molecule has 2 aromatic heterocycles. The Morgan fingerprint density at radius 3 is 2.87 bits per heavy atom. The second kappa shape index (κ2) is 5.67. The van der Waals surface area contributed by atoms with Crippen LogP contribution in [0.15, 0.2) is 41.8 Å². The number of hydrogen-bond donors (Lipinski definition) is 1. The standard InChI is InChI=1S/C16H12Cl2N4S/c1-9-19-16-20-13(15-3-2-6-23-15)8-14(22(16)21-9)11-5-4-10(17)7-12(11)18/h2-8,14H,1H3,(H,19,20,21)/t14-/m1/s1. The summed E-state index contributed by atoms with van der Waals surface area (Å²) in [5.74, 6) is 1.42. The van der Waals surface area contributed by atoms with E-state index in [1.165, 1.54) is 0 Å². The number of halogens is 2. The van der Waals surface area contributed by atoms with E-state index in [0.717, 1.165) is 16.1 Å². The average molecular weight is 363 g/mol. The van der Waals surface area contributed by atoms with Crippen LogP contribution in [0.3, 0.4) is 0 Å². The summed E-state index contributed by atoms with van der Waals surface area (Å²) in [5, 5.41) is 11.1. The Balaban J connectivity index is 1.87. The van der Waals surface area contributed by atoms with Gasteiger partial charge in [-0.2, -0.15) is 10.1 Å². The number of benzene rings is 1. The van der Waals surface area contributed by atoms with E-state index in [-0.39, 0.29) is 6.04 Å². The van der Waals surface area contributed by atoms with Gasteiger partial charge >= 0.3 is 0 Å². The van der Waals surface area contributed by atoms with Gasteiger partial charge in [-0.3, -0.25) is 0 Å². The summed E-state index contributed by atoms with van der Waals surface area (Å²) < 4.78 is 1.85. The third-order valence-corrected chi connectivity index (χ3v) is 5.11. The van der Waals surface area contributed by atoms with Gasteiger partial charge < -0.3 is 5.32 Å². The topological polar surface area (TPSA) is 42.7 Å². The summed E-state index contributed by atoms with van der Waals surface area (Å²) in [6.07, 6.45) is 2.11. The molecule has 1 aromatic carbocycles. The minimum atomic E-state index is -0.130. The van der Waals surface area contributed by atoms with Crippen molar-refractivity contribution in [1.82, 2.24) is 14.8 Å². The fourth-order valence-corrected chi connectivity index (χ4v) is 3.87. The zero-order valence-corrected chi connectivity index (χ0v) is 14.5. The van der Waals surface area contributed by atoms with Crippen LogP contribution in [0, 0.1) is 6.92 Å². The molecule has 0 unspecified atom stereocenters. The Kier molecular flexibility index (Phi) is 3.64. The lowest BCUT2D eigenvalue weighted by Gasteiger charge is -2.24. The first-order valence-corrected chi connectivity index (χ1v) is 8.66. The molecule has 0 fully saturated rings. The molecule has 1 N–H and O–H groups in total. The maximum atomic E-state index is 6.42. The normalized spacial score (nSPS) is 16.7. The molecule has 0 spiro atoms. The summed E-state index contributed by atoms with van der Waals surface area (Å²) >= 11 is 14.1. The van der Waals surface area contributed by atoms with Crippen LogP contribution in [0.25, 0.3) is 5.70 Å². The molecular weight excluding hydrogens is 351 g/mol. The van der Waals surface area contributed by atoms with Gasteiger partial charge in [-0.15, -0.1) is 11.3 Å². The number of hydrogen-bond acceptors (Lipinski definition) is 4. The molecule has 4 nitrogen and oxygen atoms in total. The second-order valence-corrected chi connectivity index (χ2v) is 7.01. The van der Waals surface area contributed by atoms with Crippen LogP contribution in [0.2, 0.25) is 10.0 Å². The molecule has 0 radical (unpaired) electrons. The van der Waals surface area contributed by atoms with Crippen molar-refractivity contribution in [2.45, 2.75) is 13.0 Å². The average Bonchev–Trinajstić information content (AvgIpc) is 3.14. The van der Waals surface area contributed by atoms with E-state index in [0.29, 0.717) is 21.8 Å². The van der Waals surface area contributed by atoms with Crippen LogP contribution in [0.1, 0.15) is 22.3 Å². The summed E-state index contributed by atoms with van der Waals surface area (Å²) in [4.78, 5) is 5.62. The SMILES string of the molecule is Cc1nc2n(n1)[C@@H](c1ccc(Cl)cc1Cl)C=C(c1cccs1)N2. The highest BCUT2D eigenvalue weighted by molar-refractivity contribution is 7.11.